The molecule has 1 aliphatic heterocycles. The van der Waals surface area contributed by atoms with Crippen molar-refractivity contribution in [3.63, 3.8) is 0 Å². The van der Waals surface area contributed by atoms with Crippen molar-refractivity contribution in [3.05, 3.63) is 35.4 Å². The zero-order chi connectivity index (χ0) is 14.7. The Kier molecular flexibility index (Phi) is 4.17. The van der Waals surface area contributed by atoms with Gasteiger partial charge in [0.25, 0.3) is 5.91 Å². The number of benzene rings is 1. The van der Waals surface area contributed by atoms with E-state index in [1.165, 1.54) is 6.92 Å². The summed E-state index contributed by atoms with van der Waals surface area (Å²) in [6.07, 6.45) is 1.32. The maximum absolute atomic E-state index is 12.3. The molecule has 1 amide bonds. The van der Waals surface area contributed by atoms with E-state index in [0.717, 1.165) is 0 Å². The van der Waals surface area contributed by atoms with Gasteiger partial charge in [0, 0.05) is 24.2 Å². The summed E-state index contributed by atoms with van der Waals surface area (Å²) < 4.78 is 0. The molecule has 1 aromatic carbocycles. The summed E-state index contributed by atoms with van der Waals surface area (Å²) in [5.74, 6) is -1.56. The first-order valence-corrected chi connectivity index (χ1v) is 6.62. The van der Waals surface area contributed by atoms with Crippen molar-refractivity contribution >= 4 is 17.7 Å². The summed E-state index contributed by atoms with van der Waals surface area (Å²) >= 11 is 0. The van der Waals surface area contributed by atoms with Crippen molar-refractivity contribution in [3.8, 4) is 0 Å². The second-order valence-corrected chi connectivity index (χ2v) is 5.06. The molecule has 0 bridgehead atoms. The third-order valence-electron chi connectivity index (χ3n) is 3.60. The number of carboxylic acids is 1. The topological polar surface area (TPSA) is 74.7 Å². The fraction of sp³-hybridized carbons (Fsp3) is 0.400. The van der Waals surface area contributed by atoms with Crippen molar-refractivity contribution in [1.29, 1.82) is 0 Å². The zero-order valence-corrected chi connectivity index (χ0v) is 11.3. The van der Waals surface area contributed by atoms with E-state index in [1.807, 2.05) is 0 Å². The minimum atomic E-state index is -0.852. The maximum atomic E-state index is 12.3. The highest BCUT2D eigenvalue weighted by atomic mass is 16.4. The van der Waals surface area contributed by atoms with E-state index in [1.54, 1.807) is 29.2 Å². The molecule has 0 aliphatic carbocycles. The van der Waals surface area contributed by atoms with Crippen LogP contribution in [0.5, 0.6) is 0 Å². The number of rotatable bonds is 3. The molecule has 0 radical (unpaired) electrons. The Balaban J connectivity index is 2.10. The second-order valence-electron chi connectivity index (χ2n) is 5.06. The predicted molar refractivity (Wildman–Crippen MR) is 72.7 cm³/mol. The van der Waals surface area contributed by atoms with Crippen LogP contribution >= 0.6 is 0 Å². The van der Waals surface area contributed by atoms with Crippen molar-refractivity contribution < 1.29 is 19.5 Å². The summed E-state index contributed by atoms with van der Waals surface area (Å²) in [6, 6.07) is 6.47. The lowest BCUT2D eigenvalue weighted by atomic mass is 9.97. The van der Waals surface area contributed by atoms with Crippen LogP contribution in [0.2, 0.25) is 0 Å². The molecule has 1 N–H and O–H groups in total. The van der Waals surface area contributed by atoms with Crippen LogP contribution in [0.3, 0.4) is 0 Å². The number of ketones is 1. The van der Waals surface area contributed by atoms with Crippen LogP contribution in [0, 0.1) is 5.92 Å². The fourth-order valence-electron chi connectivity index (χ4n) is 2.39. The molecule has 20 heavy (non-hydrogen) atoms. The number of hydrogen-bond donors (Lipinski definition) is 1. The summed E-state index contributed by atoms with van der Waals surface area (Å²) in [5, 5.41) is 9.03. The van der Waals surface area contributed by atoms with E-state index < -0.39 is 11.9 Å². The fourth-order valence-corrected chi connectivity index (χ4v) is 2.39. The number of carbonyl (C=O) groups excluding carboxylic acids is 2. The van der Waals surface area contributed by atoms with E-state index in [9.17, 15) is 14.4 Å². The van der Waals surface area contributed by atoms with E-state index in [-0.39, 0.29) is 18.2 Å². The van der Waals surface area contributed by atoms with Gasteiger partial charge in [-0.25, -0.2) is 0 Å². The molecule has 0 saturated carbocycles. The normalized spacial score (nSPS) is 18.6. The summed E-state index contributed by atoms with van der Waals surface area (Å²) in [7, 11) is 0. The minimum absolute atomic E-state index is 0.0482. The first kappa shape index (κ1) is 14.2. The Hall–Kier alpha value is -2.17. The predicted octanol–water partition coefficient (Wildman–Crippen LogP) is 1.83. The smallest absolute Gasteiger partial charge is 0.308 e. The molecule has 5 heteroatoms. The Morgan fingerprint density at radius 2 is 1.75 bits per heavy atom. The molecule has 0 aromatic heterocycles. The van der Waals surface area contributed by atoms with Gasteiger partial charge in [-0.2, -0.15) is 0 Å². The van der Waals surface area contributed by atoms with Gasteiger partial charge in [-0.05, 0) is 31.9 Å². The van der Waals surface area contributed by atoms with Gasteiger partial charge in [-0.15, -0.1) is 0 Å². The molecule has 1 unspecified atom stereocenters. The quantitative estimate of drug-likeness (QED) is 0.854. The molecule has 5 nitrogen and oxygen atoms in total. The first-order chi connectivity index (χ1) is 9.49. The lowest BCUT2D eigenvalue weighted by molar-refractivity contribution is -0.143. The van der Waals surface area contributed by atoms with Crippen LogP contribution < -0.4 is 0 Å². The molecule has 1 saturated heterocycles. The van der Waals surface area contributed by atoms with Gasteiger partial charge >= 0.3 is 5.97 Å². The average Bonchev–Trinajstić information content (AvgIpc) is 2.46. The summed E-state index contributed by atoms with van der Waals surface area (Å²) in [4.78, 5) is 36.1. The molecule has 106 valence electrons. The van der Waals surface area contributed by atoms with E-state index in [0.29, 0.717) is 30.5 Å². The number of hydrogen-bond acceptors (Lipinski definition) is 3. The van der Waals surface area contributed by atoms with Crippen LogP contribution in [0.15, 0.2) is 24.3 Å². The number of amides is 1. The number of nitrogens with zero attached hydrogens (tertiary/aromatic N) is 1. The van der Waals surface area contributed by atoms with Crippen molar-refractivity contribution in [2.45, 2.75) is 19.8 Å². The van der Waals surface area contributed by atoms with Gasteiger partial charge in [-0.3, -0.25) is 14.4 Å². The number of piperidine rings is 1. The molecular weight excluding hydrogens is 258 g/mol. The van der Waals surface area contributed by atoms with E-state index in [4.69, 9.17) is 5.11 Å². The lowest BCUT2D eigenvalue weighted by Crippen LogP contribution is -2.42. The van der Waals surface area contributed by atoms with Gasteiger partial charge in [0.05, 0.1) is 5.92 Å². The average molecular weight is 275 g/mol. The Morgan fingerprint density at radius 1 is 1.15 bits per heavy atom. The molecule has 1 aromatic rings. The highest BCUT2D eigenvalue weighted by molar-refractivity contribution is 5.97. The van der Waals surface area contributed by atoms with Crippen LogP contribution in [-0.4, -0.2) is 40.8 Å². The van der Waals surface area contributed by atoms with E-state index in [2.05, 4.69) is 0 Å². The third-order valence-corrected chi connectivity index (χ3v) is 3.60. The highest BCUT2D eigenvalue weighted by Crippen LogP contribution is 2.19. The Labute approximate surface area is 117 Å². The first-order valence-electron chi connectivity index (χ1n) is 6.62. The number of aliphatic carboxylic acids is 1. The van der Waals surface area contributed by atoms with Crippen LogP contribution in [-0.2, 0) is 4.79 Å². The van der Waals surface area contributed by atoms with Gasteiger partial charge in [0.15, 0.2) is 5.78 Å². The standard InChI is InChI=1S/C15H17NO4/c1-10(17)11-4-6-12(7-5-11)14(18)16-8-2-3-13(9-16)15(19)20/h4-7,13H,2-3,8-9H2,1H3,(H,19,20). The number of likely N-dealkylation sites (tertiary alicyclic amines) is 1. The van der Waals surface area contributed by atoms with Gasteiger partial charge in [0.1, 0.15) is 0 Å². The second kappa shape index (κ2) is 5.86. The molecule has 1 aliphatic rings. The number of Topliss-reactive ketones (excluding diaryl/α,β-unsaturated/α-hetero) is 1. The molecule has 1 fully saturated rings. The maximum Gasteiger partial charge on any atom is 0.308 e. The zero-order valence-electron chi connectivity index (χ0n) is 11.3. The number of carboxylic acid groups (broad SMARTS) is 1. The van der Waals surface area contributed by atoms with Gasteiger partial charge in [-0.1, -0.05) is 12.1 Å². The van der Waals surface area contributed by atoms with Gasteiger partial charge < -0.3 is 10.0 Å². The van der Waals surface area contributed by atoms with Crippen LogP contribution in [0.4, 0.5) is 0 Å². The van der Waals surface area contributed by atoms with Crippen LogP contribution in [0.25, 0.3) is 0 Å². The Morgan fingerprint density at radius 3 is 2.30 bits per heavy atom. The monoisotopic (exact) mass is 275 g/mol. The SMILES string of the molecule is CC(=O)c1ccc(C(=O)N2CCCC(C(=O)O)C2)cc1. The van der Waals surface area contributed by atoms with Crippen molar-refractivity contribution in [2.24, 2.45) is 5.92 Å². The molecule has 0 spiro atoms. The molecule has 1 atom stereocenters. The lowest BCUT2D eigenvalue weighted by Gasteiger charge is -2.30. The van der Waals surface area contributed by atoms with E-state index >= 15 is 0 Å². The highest BCUT2D eigenvalue weighted by Gasteiger charge is 2.28. The minimum Gasteiger partial charge on any atom is -0.481 e. The van der Waals surface area contributed by atoms with Gasteiger partial charge in [0.2, 0.25) is 0 Å². The largest absolute Gasteiger partial charge is 0.481 e. The molecule has 1 heterocycles. The molecule has 2 rings (SSSR count). The third kappa shape index (κ3) is 3.04. The Bertz CT molecular complexity index is 535. The summed E-state index contributed by atoms with van der Waals surface area (Å²) in [5.41, 5.74) is 1.05. The van der Waals surface area contributed by atoms with Crippen molar-refractivity contribution in [2.75, 3.05) is 13.1 Å². The van der Waals surface area contributed by atoms with Crippen molar-refractivity contribution in [1.82, 2.24) is 4.90 Å². The van der Waals surface area contributed by atoms with Crippen LogP contribution in [0.1, 0.15) is 40.5 Å². The summed E-state index contributed by atoms with van der Waals surface area (Å²) in [6.45, 7) is 2.30. The molecular formula is C15H17NO4. The number of carbonyl (C=O) groups is 3.